The normalized spacial score (nSPS) is 10.6. The van der Waals surface area contributed by atoms with E-state index in [2.05, 4.69) is 10.2 Å². The third-order valence-corrected chi connectivity index (χ3v) is 3.72. The van der Waals surface area contributed by atoms with Gasteiger partial charge in [0.15, 0.2) is 5.16 Å². The topological polar surface area (TPSA) is 75.2 Å². The lowest BCUT2D eigenvalue weighted by Crippen LogP contribution is -2.06. The van der Waals surface area contributed by atoms with Crippen LogP contribution in [-0.4, -0.2) is 34.2 Å². The highest BCUT2D eigenvalue weighted by molar-refractivity contribution is 7.99. The predicted octanol–water partition coefficient (Wildman–Crippen LogP) is 1.45. The van der Waals surface area contributed by atoms with Gasteiger partial charge in [-0.05, 0) is 12.1 Å². The fourth-order valence-corrected chi connectivity index (χ4v) is 2.38. The van der Waals surface area contributed by atoms with Crippen molar-refractivity contribution in [2.75, 3.05) is 19.5 Å². The molecule has 0 radical (unpaired) electrons. The maximum atomic E-state index is 5.66. The first-order valence-corrected chi connectivity index (χ1v) is 7.21. The number of hydrogen-bond donors (Lipinski definition) is 1. The summed E-state index contributed by atoms with van der Waals surface area (Å²) in [6.45, 7) is 0.979. The van der Waals surface area contributed by atoms with Crippen molar-refractivity contribution >= 4 is 11.8 Å². The number of nitrogens with two attached hydrogens (primary N) is 1. The average Bonchev–Trinajstić information content (AvgIpc) is 2.84. The minimum atomic E-state index is 0.393. The summed E-state index contributed by atoms with van der Waals surface area (Å²) >= 11 is 1.59. The fraction of sp³-hybridized carbons (Fsp3) is 0.385. The SMILES string of the molecule is COc1cccc(OCCSc2nnc(CN)n2C)c1. The van der Waals surface area contributed by atoms with Gasteiger partial charge in [0.1, 0.15) is 17.3 Å². The molecule has 7 heteroatoms. The molecule has 0 spiro atoms. The Kier molecular flexibility index (Phi) is 5.25. The molecule has 0 bridgehead atoms. The maximum Gasteiger partial charge on any atom is 0.191 e. The summed E-state index contributed by atoms with van der Waals surface area (Å²) in [5.74, 6) is 3.15. The molecule has 0 atom stereocenters. The Labute approximate surface area is 122 Å². The van der Waals surface area contributed by atoms with Crippen LogP contribution in [0, 0.1) is 0 Å². The molecule has 2 rings (SSSR count). The molecule has 0 aliphatic carbocycles. The molecule has 1 aromatic carbocycles. The summed E-state index contributed by atoms with van der Waals surface area (Å²) in [7, 11) is 3.55. The zero-order valence-electron chi connectivity index (χ0n) is 11.6. The molecule has 2 N–H and O–H groups in total. The van der Waals surface area contributed by atoms with E-state index in [1.54, 1.807) is 18.9 Å². The number of ether oxygens (including phenoxy) is 2. The van der Waals surface area contributed by atoms with E-state index in [4.69, 9.17) is 15.2 Å². The molecule has 0 saturated heterocycles. The number of benzene rings is 1. The first kappa shape index (κ1) is 14.7. The molecule has 6 nitrogen and oxygen atoms in total. The summed E-state index contributed by atoms with van der Waals surface area (Å²) < 4.78 is 12.7. The molecule has 0 aliphatic rings. The van der Waals surface area contributed by atoms with Gasteiger partial charge in [0.25, 0.3) is 0 Å². The van der Waals surface area contributed by atoms with Crippen LogP contribution in [-0.2, 0) is 13.6 Å². The summed E-state index contributed by atoms with van der Waals surface area (Å²) in [6, 6.07) is 7.55. The molecule has 0 saturated carbocycles. The van der Waals surface area contributed by atoms with Crippen LogP contribution in [0.15, 0.2) is 29.4 Å². The van der Waals surface area contributed by atoms with E-state index in [0.29, 0.717) is 13.2 Å². The quantitative estimate of drug-likeness (QED) is 0.615. The van der Waals surface area contributed by atoms with E-state index in [-0.39, 0.29) is 0 Å². The molecular formula is C13H18N4O2S. The van der Waals surface area contributed by atoms with Crippen molar-refractivity contribution < 1.29 is 9.47 Å². The lowest BCUT2D eigenvalue weighted by atomic mass is 10.3. The van der Waals surface area contributed by atoms with Crippen molar-refractivity contribution in [3.63, 3.8) is 0 Å². The summed E-state index contributed by atoms with van der Waals surface area (Å²) in [5, 5.41) is 8.93. The molecule has 2 aromatic rings. The smallest absolute Gasteiger partial charge is 0.191 e. The van der Waals surface area contributed by atoms with Crippen LogP contribution in [0.3, 0.4) is 0 Å². The first-order chi connectivity index (χ1) is 9.74. The van der Waals surface area contributed by atoms with Crippen molar-refractivity contribution in [2.45, 2.75) is 11.7 Å². The Balaban J connectivity index is 1.79. The van der Waals surface area contributed by atoms with Gasteiger partial charge >= 0.3 is 0 Å². The van der Waals surface area contributed by atoms with Crippen LogP contribution in [0.5, 0.6) is 11.5 Å². The summed E-state index contributed by atoms with van der Waals surface area (Å²) in [4.78, 5) is 0. The standard InChI is InChI=1S/C13H18N4O2S/c1-17-12(9-14)15-16-13(17)20-7-6-19-11-5-3-4-10(8-11)18-2/h3-5,8H,6-7,9,14H2,1-2H3. The zero-order chi connectivity index (χ0) is 14.4. The highest BCUT2D eigenvalue weighted by atomic mass is 32.2. The maximum absolute atomic E-state index is 5.66. The van der Waals surface area contributed by atoms with Crippen LogP contribution in [0.4, 0.5) is 0 Å². The van der Waals surface area contributed by atoms with Crippen LogP contribution in [0.2, 0.25) is 0 Å². The van der Waals surface area contributed by atoms with Crippen LogP contribution in [0.1, 0.15) is 5.82 Å². The predicted molar refractivity (Wildman–Crippen MR) is 78.1 cm³/mol. The second-order valence-electron chi connectivity index (χ2n) is 4.04. The van der Waals surface area contributed by atoms with Crippen molar-refractivity contribution in [2.24, 2.45) is 12.8 Å². The van der Waals surface area contributed by atoms with Crippen molar-refractivity contribution in [3.05, 3.63) is 30.1 Å². The second-order valence-corrected chi connectivity index (χ2v) is 5.10. The van der Waals surface area contributed by atoms with Gasteiger partial charge < -0.3 is 19.8 Å². The zero-order valence-corrected chi connectivity index (χ0v) is 12.4. The third-order valence-electron chi connectivity index (χ3n) is 2.73. The van der Waals surface area contributed by atoms with Gasteiger partial charge in [-0.1, -0.05) is 17.8 Å². The number of nitrogens with zero attached hydrogens (tertiary/aromatic N) is 3. The number of aromatic nitrogens is 3. The van der Waals surface area contributed by atoms with E-state index < -0.39 is 0 Å². The summed E-state index contributed by atoms with van der Waals surface area (Å²) in [5.41, 5.74) is 5.55. The number of rotatable bonds is 7. The van der Waals surface area contributed by atoms with E-state index >= 15 is 0 Å². The Morgan fingerprint density at radius 1 is 1.30 bits per heavy atom. The van der Waals surface area contributed by atoms with E-state index in [9.17, 15) is 0 Å². The fourth-order valence-electron chi connectivity index (χ4n) is 1.63. The molecule has 0 unspecified atom stereocenters. The number of hydrogen-bond acceptors (Lipinski definition) is 6. The van der Waals surface area contributed by atoms with E-state index in [0.717, 1.165) is 28.2 Å². The van der Waals surface area contributed by atoms with Crippen LogP contribution < -0.4 is 15.2 Å². The van der Waals surface area contributed by atoms with Gasteiger partial charge in [-0.15, -0.1) is 10.2 Å². The van der Waals surface area contributed by atoms with Gasteiger partial charge in [-0.3, -0.25) is 0 Å². The minimum absolute atomic E-state index is 0.393. The largest absolute Gasteiger partial charge is 0.497 e. The lowest BCUT2D eigenvalue weighted by molar-refractivity contribution is 0.339. The Morgan fingerprint density at radius 2 is 2.10 bits per heavy atom. The second kappa shape index (κ2) is 7.16. The highest BCUT2D eigenvalue weighted by Crippen LogP contribution is 2.20. The molecule has 108 valence electrons. The lowest BCUT2D eigenvalue weighted by Gasteiger charge is -2.07. The van der Waals surface area contributed by atoms with Crippen molar-refractivity contribution in [1.29, 1.82) is 0 Å². The molecule has 1 aromatic heterocycles. The van der Waals surface area contributed by atoms with Gasteiger partial charge in [0.2, 0.25) is 0 Å². The monoisotopic (exact) mass is 294 g/mol. The van der Waals surface area contributed by atoms with Crippen molar-refractivity contribution in [3.8, 4) is 11.5 Å². The average molecular weight is 294 g/mol. The molecule has 20 heavy (non-hydrogen) atoms. The third kappa shape index (κ3) is 3.64. The van der Waals surface area contributed by atoms with E-state index in [1.807, 2.05) is 35.9 Å². The molecule has 0 aliphatic heterocycles. The van der Waals surface area contributed by atoms with Gasteiger partial charge in [0.05, 0.1) is 20.3 Å². The molecular weight excluding hydrogens is 276 g/mol. The molecule has 0 amide bonds. The van der Waals surface area contributed by atoms with Gasteiger partial charge in [0, 0.05) is 18.9 Å². The van der Waals surface area contributed by atoms with E-state index in [1.165, 1.54) is 0 Å². The molecule has 0 fully saturated rings. The van der Waals surface area contributed by atoms with Crippen molar-refractivity contribution in [1.82, 2.24) is 14.8 Å². The summed E-state index contributed by atoms with van der Waals surface area (Å²) in [6.07, 6.45) is 0. The Hall–Kier alpha value is -1.73. The van der Waals surface area contributed by atoms with Gasteiger partial charge in [-0.2, -0.15) is 0 Å². The molecule has 1 heterocycles. The minimum Gasteiger partial charge on any atom is -0.497 e. The first-order valence-electron chi connectivity index (χ1n) is 6.22. The Bertz CT molecular complexity index is 559. The van der Waals surface area contributed by atoms with Gasteiger partial charge in [-0.25, -0.2) is 0 Å². The number of thioether (sulfide) groups is 1. The highest BCUT2D eigenvalue weighted by Gasteiger charge is 2.07. The van der Waals surface area contributed by atoms with Crippen LogP contribution >= 0.6 is 11.8 Å². The number of methoxy groups -OCH3 is 1. The van der Waals surface area contributed by atoms with Crippen LogP contribution in [0.25, 0.3) is 0 Å². The Morgan fingerprint density at radius 3 is 2.80 bits per heavy atom.